The number of likely N-dealkylation sites (N-methyl/N-ethyl adjacent to an activating group) is 1. The molecule has 0 saturated carbocycles. The quantitative estimate of drug-likeness (QED) is 0.355. The highest BCUT2D eigenvalue weighted by Crippen LogP contribution is 1.62. The first-order valence-corrected chi connectivity index (χ1v) is 1.76. The van der Waals surface area contributed by atoms with Gasteiger partial charge in [0.2, 0.25) is 6.54 Å². The standard InChI is InChI=1S/C4H8NO/c1-3-4-5(2)6/h3H,1,4H2,2H3/q+1. The second-order valence-corrected chi connectivity index (χ2v) is 1.10. The Labute approximate surface area is 37.0 Å². The van der Waals surface area contributed by atoms with Gasteiger partial charge in [0.05, 0.1) is 0 Å². The fourth-order valence-corrected chi connectivity index (χ4v) is 0.182. The largest absolute Gasteiger partial charge is 0.209 e. The maximum atomic E-state index is 9.89. The van der Waals surface area contributed by atoms with Gasteiger partial charge in [-0.25, -0.2) is 0 Å². The first kappa shape index (κ1) is 5.34. The second kappa shape index (κ2) is 2.57. The summed E-state index contributed by atoms with van der Waals surface area (Å²) in [6, 6.07) is 0. The molecule has 34 valence electrons. The molecule has 2 nitrogen and oxygen atoms in total. The molecule has 2 heteroatoms. The molecule has 0 radical (unpaired) electrons. The minimum Gasteiger partial charge on any atom is -0.0967 e. The molecule has 0 aromatic rings. The van der Waals surface area contributed by atoms with Crippen molar-refractivity contribution in [2.45, 2.75) is 0 Å². The van der Waals surface area contributed by atoms with Crippen LogP contribution in [0.2, 0.25) is 0 Å². The van der Waals surface area contributed by atoms with Gasteiger partial charge in [0.15, 0.2) is 7.05 Å². The van der Waals surface area contributed by atoms with Gasteiger partial charge in [-0.1, -0.05) is 6.58 Å². The highest BCUT2D eigenvalue weighted by atomic mass is 16.3. The van der Waals surface area contributed by atoms with Crippen molar-refractivity contribution in [1.29, 1.82) is 0 Å². The Hall–Kier alpha value is -0.660. The molecule has 0 aliphatic heterocycles. The molecule has 0 unspecified atom stereocenters. The lowest BCUT2D eigenvalue weighted by atomic mass is 10.6. The van der Waals surface area contributed by atoms with Crippen LogP contribution in [-0.4, -0.2) is 18.4 Å². The van der Waals surface area contributed by atoms with E-state index in [1.54, 1.807) is 6.08 Å². The van der Waals surface area contributed by atoms with Crippen LogP contribution in [0.5, 0.6) is 0 Å². The predicted octanol–water partition coefficient (Wildman–Crippen LogP) is 0.581. The van der Waals surface area contributed by atoms with Crippen LogP contribution in [0.25, 0.3) is 0 Å². The van der Waals surface area contributed by atoms with E-state index < -0.39 is 0 Å². The van der Waals surface area contributed by atoms with Crippen LogP contribution in [0.1, 0.15) is 0 Å². The molecule has 0 heterocycles. The normalized spacial score (nSPS) is 7.50. The van der Waals surface area contributed by atoms with Gasteiger partial charge in [-0.2, -0.15) is 0 Å². The number of hydrogen-bond donors (Lipinski definition) is 0. The lowest BCUT2D eigenvalue weighted by Crippen LogP contribution is -1.97. The van der Waals surface area contributed by atoms with Crippen molar-refractivity contribution in [3.63, 3.8) is 0 Å². The molecule has 0 bridgehead atoms. The van der Waals surface area contributed by atoms with Crippen molar-refractivity contribution in [1.82, 2.24) is 0 Å². The van der Waals surface area contributed by atoms with Gasteiger partial charge in [0.25, 0.3) is 0 Å². The molecule has 0 aliphatic carbocycles. The Bertz CT molecular complexity index is 67.9. The summed E-state index contributed by atoms with van der Waals surface area (Å²) in [4.78, 5) is 9.89. The third-order valence-electron chi connectivity index (χ3n) is 0.386. The summed E-state index contributed by atoms with van der Waals surface area (Å²) in [5.74, 6) is 0. The summed E-state index contributed by atoms with van der Waals surface area (Å²) >= 11 is 0. The van der Waals surface area contributed by atoms with E-state index in [-0.39, 0.29) is 0 Å². The van der Waals surface area contributed by atoms with E-state index in [0.717, 1.165) is 4.76 Å². The molecule has 0 spiro atoms. The Morgan fingerprint density at radius 2 is 2.50 bits per heavy atom. The van der Waals surface area contributed by atoms with Crippen LogP contribution in [0, 0.1) is 4.91 Å². The van der Waals surface area contributed by atoms with E-state index in [0.29, 0.717) is 6.54 Å². The molecule has 0 aliphatic rings. The fourth-order valence-electron chi connectivity index (χ4n) is 0.182. The van der Waals surface area contributed by atoms with E-state index in [4.69, 9.17) is 0 Å². The molecule has 0 fully saturated rings. The maximum Gasteiger partial charge on any atom is 0.209 e. The van der Waals surface area contributed by atoms with Gasteiger partial charge in [-0.15, -0.1) is 0 Å². The Morgan fingerprint density at radius 3 is 2.50 bits per heavy atom. The van der Waals surface area contributed by atoms with Crippen molar-refractivity contribution < 1.29 is 4.76 Å². The van der Waals surface area contributed by atoms with Gasteiger partial charge in [0.1, 0.15) is 0 Å². The van der Waals surface area contributed by atoms with E-state index in [9.17, 15) is 4.91 Å². The highest BCUT2D eigenvalue weighted by Gasteiger charge is 1.85. The smallest absolute Gasteiger partial charge is 0.0967 e. The lowest BCUT2D eigenvalue weighted by Gasteiger charge is -1.69. The molecule has 0 amide bonds. The summed E-state index contributed by atoms with van der Waals surface area (Å²) < 4.78 is 0.812. The Kier molecular flexibility index (Phi) is 2.29. The first-order chi connectivity index (χ1) is 2.77. The molecule has 0 aromatic carbocycles. The summed E-state index contributed by atoms with van der Waals surface area (Å²) in [6.45, 7) is 3.78. The summed E-state index contributed by atoms with van der Waals surface area (Å²) in [5, 5.41) is 0. The van der Waals surface area contributed by atoms with Crippen LogP contribution < -0.4 is 0 Å². The number of hydrogen-bond acceptors (Lipinski definition) is 1. The van der Waals surface area contributed by atoms with E-state index >= 15 is 0 Å². The van der Waals surface area contributed by atoms with Gasteiger partial charge in [-0.05, 0) is 10.8 Å². The Morgan fingerprint density at radius 1 is 2.00 bits per heavy atom. The highest BCUT2D eigenvalue weighted by molar-refractivity contribution is 4.61. The average molecular weight is 86.1 g/mol. The van der Waals surface area contributed by atoms with Crippen molar-refractivity contribution in [2.75, 3.05) is 13.6 Å². The zero-order valence-corrected chi connectivity index (χ0v) is 3.85. The third-order valence-corrected chi connectivity index (χ3v) is 0.386. The van der Waals surface area contributed by atoms with Crippen molar-refractivity contribution in [3.05, 3.63) is 17.6 Å². The SMILES string of the molecule is C=CC[N+](C)=O. The Balaban J connectivity index is 3.05. The summed E-state index contributed by atoms with van der Waals surface area (Å²) in [6.07, 6.45) is 1.56. The van der Waals surface area contributed by atoms with Crippen molar-refractivity contribution in [3.8, 4) is 0 Å². The van der Waals surface area contributed by atoms with Gasteiger partial charge < -0.3 is 0 Å². The van der Waals surface area contributed by atoms with Gasteiger partial charge in [-0.3, -0.25) is 0 Å². The number of nitrogens with zero attached hydrogens (tertiary/aromatic N) is 1. The molecule has 0 atom stereocenters. The minimum atomic E-state index is 0.417. The van der Waals surface area contributed by atoms with Crippen LogP contribution >= 0.6 is 0 Å². The lowest BCUT2D eigenvalue weighted by molar-refractivity contribution is -0.508. The molecular formula is C4H8NO+. The zero-order chi connectivity index (χ0) is 4.99. The van der Waals surface area contributed by atoms with Crippen LogP contribution in [0.4, 0.5) is 0 Å². The topological polar surface area (TPSA) is 20.1 Å². The number of rotatable bonds is 2. The van der Waals surface area contributed by atoms with Crippen molar-refractivity contribution >= 4 is 0 Å². The van der Waals surface area contributed by atoms with Crippen LogP contribution in [-0.2, 0) is 0 Å². The molecular weight excluding hydrogens is 78.0 g/mol. The third kappa shape index (κ3) is 3.34. The first-order valence-electron chi connectivity index (χ1n) is 1.76. The fraction of sp³-hybridized carbons (Fsp3) is 0.500. The summed E-state index contributed by atoms with van der Waals surface area (Å²) in [7, 11) is 1.46. The monoisotopic (exact) mass is 86.1 g/mol. The van der Waals surface area contributed by atoms with E-state index in [1.807, 2.05) is 0 Å². The molecule has 6 heavy (non-hydrogen) atoms. The molecule has 0 saturated heterocycles. The molecule has 0 aromatic heterocycles. The molecule has 0 rings (SSSR count). The van der Waals surface area contributed by atoms with Crippen LogP contribution in [0.3, 0.4) is 0 Å². The zero-order valence-electron chi connectivity index (χ0n) is 3.85. The van der Waals surface area contributed by atoms with E-state index in [1.165, 1.54) is 7.05 Å². The van der Waals surface area contributed by atoms with E-state index in [2.05, 4.69) is 6.58 Å². The van der Waals surface area contributed by atoms with Crippen molar-refractivity contribution in [2.24, 2.45) is 0 Å². The van der Waals surface area contributed by atoms with Gasteiger partial charge in [0, 0.05) is 4.91 Å². The van der Waals surface area contributed by atoms with Crippen LogP contribution in [0.15, 0.2) is 12.7 Å². The second-order valence-electron chi connectivity index (χ2n) is 1.10. The maximum absolute atomic E-state index is 9.89. The summed E-state index contributed by atoms with van der Waals surface area (Å²) in [5.41, 5.74) is 0. The minimum absolute atomic E-state index is 0.417. The predicted molar refractivity (Wildman–Crippen MR) is 24.6 cm³/mol. The van der Waals surface area contributed by atoms with Gasteiger partial charge >= 0.3 is 0 Å². The number of nitroso groups, excluding NO2 is 1. The molecule has 0 N–H and O–H groups in total. The average Bonchev–Trinajstić information content (AvgIpc) is 1.35.